The van der Waals surface area contributed by atoms with E-state index in [1.807, 2.05) is 32.4 Å². The van der Waals surface area contributed by atoms with Gasteiger partial charge in [0.15, 0.2) is 0 Å². The van der Waals surface area contributed by atoms with Crippen LogP contribution in [0, 0.1) is 6.92 Å². The molecule has 0 bridgehead atoms. The summed E-state index contributed by atoms with van der Waals surface area (Å²) in [4.78, 5) is 0. The van der Waals surface area contributed by atoms with Crippen LogP contribution < -0.4 is 0 Å². The van der Waals surface area contributed by atoms with Gasteiger partial charge in [0, 0.05) is 0 Å². The van der Waals surface area contributed by atoms with Gasteiger partial charge in [-0.05, 0) is 27.7 Å². The highest BCUT2D eigenvalue weighted by Crippen LogP contribution is 2.06. The van der Waals surface area contributed by atoms with Crippen LogP contribution in [0.15, 0.2) is 6.20 Å². The minimum Gasteiger partial charge on any atom is -0.374 e. The predicted molar refractivity (Wildman–Crippen MR) is 50.5 cm³/mol. The molecular formula is C9H17N3O. The summed E-state index contributed by atoms with van der Waals surface area (Å²) in [5.74, 6) is 0. The Kier molecular flexibility index (Phi) is 3.03. The van der Waals surface area contributed by atoms with Gasteiger partial charge in [0.1, 0.15) is 0 Å². The second-order valence-corrected chi connectivity index (χ2v) is 4.06. The van der Waals surface area contributed by atoms with Gasteiger partial charge in [-0.1, -0.05) is 5.21 Å². The van der Waals surface area contributed by atoms with Gasteiger partial charge in [0.25, 0.3) is 0 Å². The molecule has 4 nitrogen and oxygen atoms in total. The molecular weight excluding hydrogens is 166 g/mol. The van der Waals surface area contributed by atoms with E-state index >= 15 is 0 Å². The van der Waals surface area contributed by atoms with Crippen LogP contribution in [0.4, 0.5) is 0 Å². The van der Waals surface area contributed by atoms with Crippen molar-refractivity contribution in [3.63, 3.8) is 0 Å². The van der Waals surface area contributed by atoms with Gasteiger partial charge in [-0.15, -0.1) is 5.10 Å². The van der Waals surface area contributed by atoms with E-state index in [1.54, 1.807) is 6.20 Å². The van der Waals surface area contributed by atoms with Crippen molar-refractivity contribution in [2.24, 2.45) is 0 Å². The number of aromatic nitrogens is 3. The predicted octanol–water partition coefficient (Wildman–Crippen LogP) is 1.40. The van der Waals surface area contributed by atoms with Crippen LogP contribution in [0.1, 0.15) is 26.5 Å². The normalized spacial score (nSPS) is 12.0. The highest BCUT2D eigenvalue weighted by atomic mass is 16.5. The molecule has 0 aromatic carbocycles. The van der Waals surface area contributed by atoms with E-state index in [2.05, 4.69) is 10.3 Å². The molecule has 0 aliphatic rings. The first-order chi connectivity index (χ1) is 5.99. The number of rotatable bonds is 3. The minimum atomic E-state index is -0.0749. The molecule has 1 aromatic heterocycles. The second-order valence-electron chi connectivity index (χ2n) is 4.06. The summed E-state index contributed by atoms with van der Waals surface area (Å²) in [6, 6.07) is 0. The Morgan fingerprint density at radius 2 is 2.15 bits per heavy atom. The van der Waals surface area contributed by atoms with E-state index < -0.39 is 0 Å². The topological polar surface area (TPSA) is 39.9 Å². The lowest BCUT2D eigenvalue weighted by Crippen LogP contribution is -2.22. The Labute approximate surface area is 78.9 Å². The summed E-state index contributed by atoms with van der Waals surface area (Å²) in [6.07, 6.45) is 1.75. The largest absolute Gasteiger partial charge is 0.374 e. The summed E-state index contributed by atoms with van der Waals surface area (Å²) in [7, 11) is 0. The zero-order valence-electron chi connectivity index (χ0n) is 8.74. The lowest BCUT2D eigenvalue weighted by atomic mass is 10.2. The molecule has 0 unspecified atom stereocenters. The average molecular weight is 183 g/mol. The van der Waals surface area contributed by atoms with Gasteiger partial charge in [0.2, 0.25) is 0 Å². The molecule has 0 aliphatic heterocycles. The number of hydrogen-bond donors (Lipinski definition) is 0. The van der Waals surface area contributed by atoms with E-state index in [0.29, 0.717) is 6.61 Å². The third kappa shape index (κ3) is 3.55. The zero-order chi connectivity index (χ0) is 9.90. The van der Waals surface area contributed by atoms with Crippen molar-refractivity contribution in [3.8, 4) is 0 Å². The summed E-state index contributed by atoms with van der Waals surface area (Å²) in [5.41, 5.74) is 0.992. The highest BCUT2D eigenvalue weighted by Gasteiger charge is 2.09. The maximum Gasteiger partial charge on any atom is 0.0722 e. The van der Waals surface area contributed by atoms with Gasteiger partial charge in [-0.25, -0.2) is 4.68 Å². The number of aryl methyl sites for hydroxylation is 1. The van der Waals surface area contributed by atoms with Crippen LogP contribution in [0.2, 0.25) is 0 Å². The third-order valence-electron chi connectivity index (χ3n) is 1.65. The number of hydrogen-bond acceptors (Lipinski definition) is 3. The fourth-order valence-corrected chi connectivity index (χ4v) is 0.968. The molecule has 0 atom stereocenters. The molecule has 0 saturated carbocycles. The molecule has 4 heteroatoms. The van der Waals surface area contributed by atoms with Crippen molar-refractivity contribution in [1.29, 1.82) is 0 Å². The molecule has 0 radical (unpaired) electrons. The van der Waals surface area contributed by atoms with E-state index in [1.165, 1.54) is 0 Å². The highest BCUT2D eigenvalue weighted by molar-refractivity contribution is 4.88. The number of ether oxygens (including phenoxy) is 1. The van der Waals surface area contributed by atoms with Crippen molar-refractivity contribution in [1.82, 2.24) is 15.0 Å². The third-order valence-corrected chi connectivity index (χ3v) is 1.65. The Morgan fingerprint density at radius 3 is 2.62 bits per heavy atom. The first-order valence-electron chi connectivity index (χ1n) is 4.48. The van der Waals surface area contributed by atoms with E-state index in [9.17, 15) is 0 Å². The van der Waals surface area contributed by atoms with Crippen LogP contribution in [-0.2, 0) is 11.3 Å². The molecule has 0 spiro atoms. The Balaban J connectivity index is 2.32. The molecule has 0 saturated heterocycles. The maximum atomic E-state index is 5.57. The van der Waals surface area contributed by atoms with Crippen molar-refractivity contribution in [2.75, 3.05) is 6.61 Å². The maximum absolute atomic E-state index is 5.57. The van der Waals surface area contributed by atoms with E-state index in [4.69, 9.17) is 4.74 Å². The monoisotopic (exact) mass is 183 g/mol. The fourth-order valence-electron chi connectivity index (χ4n) is 0.968. The van der Waals surface area contributed by atoms with Gasteiger partial charge in [0.05, 0.1) is 30.6 Å². The Bertz CT molecular complexity index is 262. The first-order valence-corrected chi connectivity index (χ1v) is 4.48. The molecule has 1 aromatic rings. The fraction of sp³-hybridized carbons (Fsp3) is 0.778. The lowest BCUT2D eigenvalue weighted by molar-refractivity contribution is -0.00824. The molecule has 0 fully saturated rings. The molecule has 0 N–H and O–H groups in total. The molecule has 1 heterocycles. The average Bonchev–Trinajstić information content (AvgIpc) is 2.34. The van der Waals surface area contributed by atoms with E-state index in [-0.39, 0.29) is 5.60 Å². The van der Waals surface area contributed by atoms with Gasteiger partial charge in [-0.3, -0.25) is 0 Å². The van der Waals surface area contributed by atoms with Crippen molar-refractivity contribution in [3.05, 3.63) is 11.9 Å². The van der Waals surface area contributed by atoms with Crippen molar-refractivity contribution >= 4 is 0 Å². The van der Waals surface area contributed by atoms with Crippen molar-refractivity contribution < 1.29 is 4.74 Å². The first kappa shape index (κ1) is 10.2. The van der Waals surface area contributed by atoms with Gasteiger partial charge >= 0.3 is 0 Å². The summed E-state index contributed by atoms with van der Waals surface area (Å²) in [6.45, 7) is 9.55. The van der Waals surface area contributed by atoms with Gasteiger partial charge in [-0.2, -0.15) is 0 Å². The Morgan fingerprint density at radius 1 is 1.46 bits per heavy atom. The molecule has 0 aliphatic carbocycles. The smallest absolute Gasteiger partial charge is 0.0722 e. The molecule has 1 rings (SSSR count). The molecule has 74 valence electrons. The quantitative estimate of drug-likeness (QED) is 0.711. The molecule has 13 heavy (non-hydrogen) atoms. The second kappa shape index (κ2) is 3.87. The van der Waals surface area contributed by atoms with Crippen LogP contribution in [0.5, 0.6) is 0 Å². The summed E-state index contributed by atoms with van der Waals surface area (Å²) >= 11 is 0. The summed E-state index contributed by atoms with van der Waals surface area (Å²) in [5, 5.41) is 7.72. The zero-order valence-corrected chi connectivity index (χ0v) is 8.74. The molecule has 0 amide bonds. The van der Waals surface area contributed by atoms with E-state index in [0.717, 1.165) is 12.2 Å². The van der Waals surface area contributed by atoms with Gasteiger partial charge < -0.3 is 4.74 Å². The Hall–Kier alpha value is -0.900. The van der Waals surface area contributed by atoms with Crippen LogP contribution >= 0.6 is 0 Å². The van der Waals surface area contributed by atoms with Crippen LogP contribution in [0.3, 0.4) is 0 Å². The lowest BCUT2D eigenvalue weighted by Gasteiger charge is -2.19. The SMILES string of the molecule is Cc1cnnn1CCOC(C)(C)C. The standard InChI is InChI=1S/C9H17N3O/c1-8-7-10-11-12(8)5-6-13-9(2,3)4/h7H,5-6H2,1-4H3. The minimum absolute atomic E-state index is 0.0749. The summed E-state index contributed by atoms with van der Waals surface area (Å²) < 4.78 is 7.41. The number of nitrogens with zero attached hydrogens (tertiary/aromatic N) is 3. The van der Waals surface area contributed by atoms with Crippen molar-refractivity contribution in [2.45, 2.75) is 39.8 Å². The van der Waals surface area contributed by atoms with Crippen LogP contribution in [0.25, 0.3) is 0 Å². The van der Waals surface area contributed by atoms with Crippen LogP contribution in [-0.4, -0.2) is 27.2 Å².